The highest BCUT2D eigenvalue weighted by Gasteiger charge is 2.39. The van der Waals surface area contributed by atoms with Crippen molar-refractivity contribution in [3.05, 3.63) is 71.8 Å². The first-order chi connectivity index (χ1) is 13.6. The van der Waals surface area contributed by atoms with E-state index >= 15 is 0 Å². The highest BCUT2D eigenvalue weighted by molar-refractivity contribution is 5.86. The van der Waals surface area contributed by atoms with Crippen LogP contribution in [0.5, 0.6) is 0 Å². The summed E-state index contributed by atoms with van der Waals surface area (Å²) in [6, 6.07) is 18.8. The van der Waals surface area contributed by atoms with E-state index in [-0.39, 0.29) is 13.0 Å². The van der Waals surface area contributed by atoms with Crippen LogP contribution in [0.15, 0.2) is 60.7 Å². The monoisotopic (exact) mass is 398 g/mol. The van der Waals surface area contributed by atoms with E-state index in [4.69, 9.17) is 4.74 Å². The lowest BCUT2D eigenvalue weighted by atomic mass is 9.92. The van der Waals surface area contributed by atoms with Crippen molar-refractivity contribution in [2.45, 2.75) is 44.9 Å². The Kier molecular flexibility index (Phi) is 7.40. The van der Waals surface area contributed by atoms with Crippen LogP contribution >= 0.6 is 0 Å². The SMILES string of the molecule is CN(Cc1ccccc1)C(=O)[C@](O)(CNC(=O)OC(C)(C)C)Cc1ccccc1. The van der Waals surface area contributed by atoms with Crippen LogP contribution in [0.1, 0.15) is 31.9 Å². The summed E-state index contributed by atoms with van der Waals surface area (Å²) in [6.45, 7) is 5.35. The van der Waals surface area contributed by atoms with Crippen LogP contribution in [-0.4, -0.2) is 46.8 Å². The first-order valence-corrected chi connectivity index (χ1v) is 9.62. The van der Waals surface area contributed by atoms with E-state index in [0.717, 1.165) is 11.1 Å². The standard InChI is InChI=1S/C23H30N2O4/c1-22(2,3)29-21(27)24-17-23(28,15-18-11-7-5-8-12-18)20(26)25(4)16-19-13-9-6-10-14-19/h5-14,28H,15-17H2,1-4H3,(H,24,27)/t23-/m1/s1. The summed E-state index contributed by atoms with van der Waals surface area (Å²) in [4.78, 5) is 26.7. The summed E-state index contributed by atoms with van der Waals surface area (Å²) in [5.41, 5.74) is -0.731. The number of ether oxygens (including phenoxy) is 1. The predicted molar refractivity (Wildman–Crippen MR) is 112 cm³/mol. The van der Waals surface area contributed by atoms with E-state index < -0.39 is 23.2 Å². The molecule has 0 radical (unpaired) electrons. The third-order valence-corrected chi connectivity index (χ3v) is 4.27. The van der Waals surface area contributed by atoms with Gasteiger partial charge in [-0.25, -0.2) is 4.79 Å². The lowest BCUT2D eigenvalue weighted by Crippen LogP contribution is -2.56. The third kappa shape index (κ3) is 7.23. The van der Waals surface area contributed by atoms with Gasteiger partial charge in [-0.1, -0.05) is 60.7 Å². The average molecular weight is 399 g/mol. The fraction of sp³-hybridized carbons (Fsp3) is 0.391. The molecular formula is C23H30N2O4. The number of carbonyl (C=O) groups excluding carboxylic acids is 2. The molecule has 0 aliphatic heterocycles. The molecule has 2 N–H and O–H groups in total. The number of likely N-dealkylation sites (N-methyl/N-ethyl adjacent to an activating group) is 1. The van der Waals surface area contributed by atoms with Gasteiger partial charge in [-0.05, 0) is 31.9 Å². The van der Waals surface area contributed by atoms with E-state index in [1.165, 1.54) is 4.90 Å². The number of nitrogens with zero attached hydrogens (tertiary/aromatic N) is 1. The highest BCUT2D eigenvalue weighted by atomic mass is 16.6. The molecule has 0 unspecified atom stereocenters. The maximum atomic E-state index is 13.2. The topological polar surface area (TPSA) is 78.9 Å². The van der Waals surface area contributed by atoms with Crippen LogP contribution in [0.4, 0.5) is 4.79 Å². The first kappa shape index (κ1) is 22.4. The molecule has 0 fully saturated rings. The number of hydrogen-bond donors (Lipinski definition) is 2. The molecule has 0 heterocycles. The number of aliphatic hydroxyl groups is 1. The van der Waals surface area contributed by atoms with Crippen molar-refractivity contribution in [1.82, 2.24) is 10.2 Å². The van der Waals surface area contributed by atoms with Crippen molar-refractivity contribution < 1.29 is 19.4 Å². The van der Waals surface area contributed by atoms with Gasteiger partial charge in [0.15, 0.2) is 5.60 Å². The Morgan fingerprint density at radius 2 is 1.48 bits per heavy atom. The van der Waals surface area contributed by atoms with Gasteiger partial charge < -0.3 is 20.1 Å². The summed E-state index contributed by atoms with van der Waals surface area (Å²) in [5.74, 6) is -0.471. The lowest BCUT2D eigenvalue weighted by molar-refractivity contribution is -0.150. The van der Waals surface area contributed by atoms with E-state index in [1.54, 1.807) is 27.8 Å². The van der Waals surface area contributed by atoms with Crippen molar-refractivity contribution in [3.63, 3.8) is 0 Å². The zero-order chi connectivity index (χ0) is 21.5. The molecule has 6 heteroatoms. The van der Waals surface area contributed by atoms with Gasteiger partial charge >= 0.3 is 6.09 Å². The van der Waals surface area contributed by atoms with Gasteiger partial charge in [0.1, 0.15) is 5.60 Å². The first-order valence-electron chi connectivity index (χ1n) is 9.62. The van der Waals surface area contributed by atoms with Crippen LogP contribution in [0.3, 0.4) is 0 Å². The summed E-state index contributed by atoms with van der Waals surface area (Å²) in [6.07, 6.45) is -0.607. The van der Waals surface area contributed by atoms with Gasteiger partial charge in [0.25, 0.3) is 5.91 Å². The van der Waals surface area contributed by atoms with Gasteiger partial charge in [-0.3, -0.25) is 4.79 Å². The van der Waals surface area contributed by atoms with Crippen molar-refractivity contribution in [2.24, 2.45) is 0 Å². The number of amides is 2. The molecular weight excluding hydrogens is 368 g/mol. The summed E-state index contributed by atoms with van der Waals surface area (Å²) >= 11 is 0. The maximum absolute atomic E-state index is 13.2. The van der Waals surface area contributed by atoms with Crippen LogP contribution in [0.25, 0.3) is 0 Å². The molecule has 0 aliphatic carbocycles. The molecule has 6 nitrogen and oxygen atoms in total. The minimum absolute atomic E-state index is 0.0710. The molecule has 0 saturated heterocycles. The Labute approximate surface area is 172 Å². The molecule has 0 aliphatic rings. The number of rotatable bonds is 7. The van der Waals surface area contributed by atoms with Crippen molar-refractivity contribution in [2.75, 3.05) is 13.6 Å². The molecule has 0 aromatic heterocycles. The molecule has 29 heavy (non-hydrogen) atoms. The van der Waals surface area contributed by atoms with Gasteiger partial charge in [-0.2, -0.15) is 0 Å². The fourth-order valence-electron chi connectivity index (χ4n) is 2.96. The molecule has 2 amide bonds. The van der Waals surface area contributed by atoms with Crippen molar-refractivity contribution >= 4 is 12.0 Å². The lowest BCUT2D eigenvalue weighted by Gasteiger charge is -2.32. The second-order valence-electron chi connectivity index (χ2n) is 8.20. The van der Waals surface area contributed by atoms with E-state index in [0.29, 0.717) is 6.54 Å². The summed E-state index contributed by atoms with van der Waals surface area (Å²) < 4.78 is 5.23. The Hall–Kier alpha value is -2.86. The minimum Gasteiger partial charge on any atom is -0.444 e. The van der Waals surface area contributed by atoms with Crippen LogP contribution < -0.4 is 5.32 Å². The Morgan fingerprint density at radius 3 is 2.00 bits per heavy atom. The van der Waals surface area contributed by atoms with Gasteiger partial charge in [0.2, 0.25) is 0 Å². The number of alkyl carbamates (subject to hydrolysis) is 1. The fourth-order valence-corrected chi connectivity index (χ4v) is 2.96. The van der Waals surface area contributed by atoms with Crippen LogP contribution in [0, 0.1) is 0 Å². The smallest absolute Gasteiger partial charge is 0.407 e. The minimum atomic E-state index is -1.80. The molecule has 0 bridgehead atoms. The van der Waals surface area contributed by atoms with E-state index in [1.807, 2.05) is 60.7 Å². The normalized spacial score (nSPS) is 13.3. The molecule has 0 saturated carbocycles. The largest absolute Gasteiger partial charge is 0.444 e. The molecule has 2 aromatic rings. The zero-order valence-electron chi connectivity index (χ0n) is 17.5. The predicted octanol–water partition coefficient (Wildman–Crippen LogP) is 3.14. The number of carbonyl (C=O) groups is 2. The molecule has 2 rings (SSSR count). The van der Waals surface area contributed by atoms with E-state index in [9.17, 15) is 14.7 Å². The average Bonchev–Trinajstić information content (AvgIpc) is 2.66. The highest BCUT2D eigenvalue weighted by Crippen LogP contribution is 2.18. The Balaban J connectivity index is 2.16. The van der Waals surface area contributed by atoms with Gasteiger partial charge in [-0.15, -0.1) is 0 Å². The summed E-state index contributed by atoms with van der Waals surface area (Å²) in [7, 11) is 1.64. The Morgan fingerprint density at radius 1 is 0.966 bits per heavy atom. The van der Waals surface area contributed by atoms with Crippen LogP contribution in [0.2, 0.25) is 0 Å². The van der Waals surface area contributed by atoms with Gasteiger partial charge in [0, 0.05) is 20.0 Å². The number of hydrogen-bond acceptors (Lipinski definition) is 4. The van der Waals surface area contributed by atoms with Gasteiger partial charge in [0.05, 0.1) is 6.54 Å². The second-order valence-corrected chi connectivity index (χ2v) is 8.20. The Bertz CT molecular complexity index is 803. The van der Waals surface area contributed by atoms with Crippen molar-refractivity contribution in [3.8, 4) is 0 Å². The third-order valence-electron chi connectivity index (χ3n) is 4.27. The molecule has 2 aromatic carbocycles. The van der Waals surface area contributed by atoms with E-state index in [2.05, 4.69) is 5.32 Å². The van der Waals surface area contributed by atoms with Crippen LogP contribution in [-0.2, 0) is 22.5 Å². The molecule has 1 atom stereocenters. The number of benzene rings is 2. The second kappa shape index (κ2) is 9.56. The maximum Gasteiger partial charge on any atom is 0.407 e. The molecule has 0 spiro atoms. The quantitative estimate of drug-likeness (QED) is 0.751. The summed E-state index contributed by atoms with van der Waals surface area (Å²) in [5, 5.41) is 13.8. The zero-order valence-corrected chi connectivity index (χ0v) is 17.5. The van der Waals surface area contributed by atoms with Crippen molar-refractivity contribution in [1.29, 1.82) is 0 Å². The molecule has 156 valence electrons. The number of nitrogens with one attached hydrogen (secondary N) is 1.